The van der Waals surface area contributed by atoms with Crippen LogP contribution in [0.5, 0.6) is 5.75 Å². The molecule has 2 aromatic rings. The third kappa shape index (κ3) is 5.73. The van der Waals surface area contributed by atoms with E-state index in [2.05, 4.69) is 10.6 Å². The van der Waals surface area contributed by atoms with Gasteiger partial charge in [0.25, 0.3) is 5.91 Å². The van der Waals surface area contributed by atoms with Gasteiger partial charge in [-0.05, 0) is 36.4 Å². The maximum absolute atomic E-state index is 12.1. The molecular weight excluding hydrogens is 332 g/mol. The second-order valence-electron chi connectivity index (χ2n) is 6.75. The Kier molecular flexibility index (Phi) is 6.11. The minimum atomic E-state index is -0.571. The number of carbonyl (C=O) groups is 3. The number of ether oxygens (including phenoxy) is 1. The van der Waals surface area contributed by atoms with Crippen molar-refractivity contribution < 1.29 is 19.1 Å². The molecule has 0 bridgehead atoms. The fraction of sp³-hybridized carbons (Fsp3) is 0.250. The van der Waals surface area contributed by atoms with Gasteiger partial charge in [-0.25, -0.2) is 4.79 Å². The molecule has 2 N–H and O–H groups in total. The molecule has 26 heavy (non-hydrogen) atoms. The molecule has 0 aliphatic rings. The fourth-order valence-corrected chi connectivity index (χ4v) is 1.98. The van der Waals surface area contributed by atoms with Crippen LogP contribution in [-0.2, 0) is 9.59 Å². The molecule has 0 aromatic heterocycles. The van der Waals surface area contributed by atoms with E-state index in [0.29, 0.717) is 17.0 Å². The molecule has 0 unspecified atom stereocenters. The largest absolute Gasteiger partial charge is 0.425 e. The smallest absolute Gasteiger partial charge is 0.330 e. The van der Waals surface area contributed by atoms with Crippen LogP contribution in [0.2, 0.25) is 0 Å². The summed E-state index contributed by atoms with van der Waals surface area (Å²) in [6.07, 6.45) is 0. The summed E-state index contributed by atoms with van der Waals surface area (Å²) in [6, 6.07) is 15.3. The van der Waals surface area contributed by atoms with E-state index in [-0.39, 0.29) is 18.4 Å². The van der Waals surface area contributed by atoms with Crippen LogP contribution < -0.4 is 15.4 Å². The molecule has 0 saturated heterocycles. The SMILES string of the molecule is CC(C)(C)C(=O)NCC(=O)Oc1ccc(NC(=O)c2ccccc2)cc1. The van der Waals surface area contributed by atoms with Crippen LogP contribution in [0.25, 0.3) is 0 Å². The lowest BCUT2D eigenvalue weighted by Gasteiger charge is -2.17. The molecule has 0 atom stereocenters. The van der Waals surface area contributed by atoms with Crippen molar-refractivity contribution in [2.24, 2.45) is 5.41 Å². The van der Waals surface area contributed by atoms with Gasteiger partial charge in [-0.2, -0.15) is 0 Å². The van der Waals surface area contributed by atoms with Gasteiger partial charge in [0.05, 0.1) is 0 Å². The first-order valence-corrected chi connectivity index (χ1v) is 8.21. The van der Waals surface area contributed by atoms with Crippen LogP contribution in [0.1, 0.15) is 31.1 Å². The summed E-state index contributed by atoms with van der Waals surface area (Å²) < 4.78 is 5.16. The van der Waals surface area contributed by atoms with Crippen molar-refractivity contribution in [3.8, 4) is 5.75 Å². The van der Waals surface area contributed by atoms with E-state index in [1.54, 1.807) is 69.3 Å². The monoisotopic (exact) mass is 354 g/mol. The maximum atomic E-state index is 12.1. The molecular formula is C20H22N2O4. The summed E-state index contributed by atoms with van der Waals surface area (Å²) in [5, 5.41) is 5.29. The predicted octanol–water partition coefficient (Wildman–Crippen LogP) is 3.01. The zero-order valence-corrected chi connectivity index (χ0v) is 15.0. The first-order valence-electron chi connectivity index (χ1n) is 8.21. The van der Waals surface area contributed by atoms with Gasteiger partial charge < -0.3 is 15.4 Å². The Morgan fingerprint density at radius 3 is 2.12 bits per heavy atom. The van der Waals surface area contributed by atoms with Crippen LogP contribution in [-0.4, -0.2) is 24.3 Å². The van der Waals surface area contributed by atoms with Gasteiger partial charge in [0, 0.05) is 16.7 Å². The standard InChI is InChI=1S/C20H22N2O4/c1-20(2,3)19(25)21-13-17(23)26-16-11-9-15(10-12-16)22-18(24)14-7-5-4-6-8-14/h4-12H,13H2,1-3H3,(H,21,25)(H,22,24). The molecule has 0 heterocycles. The van der Waals surface area contributed by atoms with Gasteiger partial charge in [-0.15, -0.1) is 0 Å². The molecule has 2 rings (SSSR count). The van der Waals surface area contributed by atoms with Gasteiger partial charge in [-0.1, -0.05) is 39.0 Å². The van der Waals surface area contributed by atoms with Crippen molar-refractivity contribution >= 4 is 23.5 Å². The highest BCUT2D eigenvalue weighted by molar-refractivity contribution is 6.04. The minimum absolute atomic E-state index is 0.206. The summed E-state index contributed by atoms with van der Waals surface area (Å²) >= 11 is 0. The normalized spacial score (nSPS) is 10.7. The van der Waals surface area contributed by atoms with Gasteiger partial charge in [0.2, 0.25) is 5.91 Å². The van der Waals surface area contributed by atoms with Gasteiger partial charge in [0.1, 0.15) is 12.3 Å². The van der Waals surface area contributed by atoms with Crippen LogP contribution >= 0.6 is 0 Å². The van der Waals surface area contributed by atoms with E-state index in [9.17, 15) is 14.4 Å². The molecule has 6 heteroatoms. The Labute approximate surface area is 152 Å². The minimum Gasteiger partial charge on any atom is -0.425 e. The van der Waals surface area contributed by atoms with Gasteiger partial charge in [-0.3, -0.25) is 9.59 Å². The number of rotatable bonds is 5. The lowest BCUT2D eigenvalue weighted by atomic mass is 9.96. The number of anilines is 1. The van der Waals surface area contributed by atoms with Crippen LogP contribution in [0, 0.1) is 5.41 Å². The van der Waals surface area contributed by atoms with E-state index >= 15 is 0 Å². The number of benzene rings is 2. The van der Waals surface area contributed by atoms with E-state index in [4.69, 9.17) is 4.74 Å². The number of hydrogen-bond acceptors (Lipinski definition) is 4. The van der Waals surface area contributed by atoms with Crippen LogP contribution in [0.15, 0.2) is 54.6 Å². The number of hydrogen-bond donors (Lipinski definition) is 2. The highest BCUT2D eigenvalue weighted by Gasteiger charge is 2.21. The average Bonchev–Trinajstić information content (AvgIpc) is 2.61. The lowest BCUT2D eigenvalue weighted by Crippen LogP contribution is -2.39. The van der Waals surface area contributed by atoms with Crippen molar-refractivity contribution in [1.82, 2.24) is 5.32 Å². The summed E-state index contributed by atoms with van der Waals surface area (Å²) in [5.74, 6) is -0.685. The second kappa shape index (κ2) is 8.29. The Balaban J connectivity index is 1.86. The van der Waals surface area contributed by atoms with E-state index < -0.39 is 11.4 Å². The number of carbonyl (C=O) groups excluding carboxylic acids is 3. The topological polar surface area (TPSA) is 84.5 Å². The first kappa shape index (κ1) is 19.2. The van der Waals surface area contributed by atoms with Crippen molar-refractivity contribution in [2.75, 3.05) is 11.9 Å². The van der Waals surface area contributed by atoms with E-state index in [0.717, 1.165) is 0 Å². The molecule has 2 aromatic carbocycles. The second-order valence-corrected chi connectivity index (χ2v) is 6.75. The van der Waals surface area contributed by atoms with Crippen molar-refractivity contribution in [3.63, 3.8) is 0 Å². The molecule has 2 amide bonds. The Hall–Kier alpha value is -3.15. The molecule has 0 saturated carbocycles. The third-order valence-electron chi connectivity index (χ3n) is 3.45. The highest BCUT2D eigenvalue weighted by Crippen LogP contribution is 2.17. The number of amides is 2. The Bertz CT molecular complexity index is 778. The van der Waals surface area contributed by atoms with Crippen molar-refractivity contribution in [1.29, 1.82) is 0 Å². The highest BCUT2D eigenvalue weighted by atomic mass is 16.5. The Morgan fingerprint density at radius 2 is 1.54 bits per heavy atom. The lowest BCUT2D eigenvalue weighted by molar-refractivity contribution is -0.137. The molecule has 0 aliphatic heterocycles. The van der Waals surface area contributed by atoms with Crippen molar-refractivity contribution in [2.45, 2.75) is 20.8 Å². The van der Waals surface area contributed by atoms with Gasteiger partial charge >= 0.3 is 5.97 Å². The summed E-state index contributed by atoms with van der Waals surface area (Å²) in [4.78, 5) is 35.6. The number of nitrogens with one attached hydrogen (secondary N) is 2. The average molecular weight is 354 g/mol. The zero-order chi connectivity index (χ0) is 19.2. The van der Waals surface area contributed by atoms with E-state index in [1.807, 2.05) is 6.07 Å². The first-order chi connectivity index (χ1) is 12.3. The zero-order valence-electron chi connectivity index (χ0n) is 15.0. The van der Waals surface area contributed by atoms with Crippen LogP contribution in [0.3, 0.4) is 0 Å². The molecule has 0 radical (unpaired) electrons. The Morgan fingerprint density at radius 1 is 0.923 bits per heavy atom. The number of esters is 1. The maximum Gasteiger partial charge on any atom is 0.330 e. The fourth-order valence-electron chi connectivity index (χ4n) is 1.98. The summed E-state index contributed by atoms with van der Waals surface area (Å²) in [5.41, 5.74) is 0.566. The molecule has 0 aliphatic carbocycles. The molecule has 0 fully saturated rings. The molecule has 0 spiro atoms. The van der Waals surface area contributed by atoms with E-state index in [1.165, 1.54) is 0 Å². The molecule has 6 nitrogen and oxygen atoms in total. The van der Waals surface area contributed by atoms with Crippen LogP contribution in [0.4, 0.5) is 5.69 Å². The third-order valence-corrected chi connectivity index (χ3v) is 3.45. The van der Waals surface area contributed by atoms with Gasteiger partial charge in [0.15, 0.2) is 0 Å². The summed E-state index contributed by atoms with van der Waals surface area (Å²) in [7, 11) is 0. The predicted molar refractivity (Wildman–Crippen MR) is 98.9 cm³/mol. The van der Waals surface area contributed by atoms with Crippen molar-refractivity contribution in [3.05, 3.63) is 60.2 Å². The quantitative estimate of drug-likeness (QED) is 0.638. The molecule has 136 valence electrons. The summed E-state index contributed by atoms with van der Waals surface area (Å²) in [6.45, 7) is 5.07.